The van der Waals surface area contributed by atoms with Crippen LogP contribution in [0.2, 0.25) is 0 Å². The van der Waals surface area contributed by atoms with Crippen LogP contribution in [0.3, 0.4) is 0 Å². The van der Waals surface area contributed by atoms with Crippen molar-refractivity contribution >= 4 is 11.9 Å². The smallest absolute Gasteiger partial charge is 0.344 e. The second-order valence-electron chi connectivity index (χ2n) is 1.30. The van der Waals surface area contributed by atoms with Crippen molar-refractivity contribution in [3.63, 3.8) is 0 Å². The molecule has 0 N–H and O–H groups in total. The third-order valence-corrected chi connectivity index (χ3v) is 0.554. The number of hydrogen-bond donors (Lipinski definition) is 0. The molecule has 0 aromatic heterocycles. The highest BCUT2D eigenvalue weighted by Gasteiger charge is 2.00. The largest absolute Gasteiger partial charge is 0.460 e. The molecule has 0 rings (SSSR count). The summed E-state index contributed by atoms with van der Waals surface area (Å²) in [5.74, 6) is -1.18. The second-order valence-corrected chi connectivity index (χ2v) is 1.30. The summed E-state index contributed by atoms with van der Waals surface area (Å²) in [5.41, 5.74) is 0. The fraction of sp³-hybridized carbons (Fsp3) is 0.400. The lowest BCUT2D eigenvalue weighted by Gasteiger charge is -1.96. The minimum Gasteiger partial charge on any atom is -0.460 e. The topological polar surface area (TPSA) is 52.6 Å². The summed E-state index contributed by atoms with van der Waals surface area (Å²) in [7, 11) is 2.82. The van der Waals surface area contributed by atoms with Crippen molar-refractivity contribution < 1.29 is 19.1 Å². The molecule has 0 bridgehead atoms. The van der Waals surface area contributed by atoms with Gasteiger partial charge in [-0.05, 0) is 0 Å². The Kier molecular flexibility index (Phi) is 3.43. The molecule has 0 aliphatic heterocycles. The Hall–Kier alpha value is -1.06. The molecule has 0 amide bonds. The molecule has 0 fully saturated rings. The first kappa shape index (κ1) is 7.94. The number of carbonyl (C=O) groups is 2. The van der Waals surface area contributed by atoms with Gasteiger partial charge in [0.15, 0.2) is 6.61 Å². The Bertz CT molecular complexity index is 118. The number of hydrogen-bond acceptors (Lipinski definition) is 4. The van der Waals surface area contributed by atoms with Gasteiger partial charge in [0, 0.05) is 6.92 Å². The van der Waals surface area contributed by atoms with Crippen molar-refractivity contribution in [1.29, 1.82) is 0 Å². The third-order valence-electron chi connectivity index (χ3n) is 0.554. The van der Waals surface area contributed by atoms with Crippen LogP contribution in [-0.2, 0) is 19.1 Å². The quantitative estimate of drug-likeness (QED) is 0.490. The maximum absolute atomic E-state index is 10.2. The van der Waals surface area contributed by atoms with Crippen molar-refractivity contribution in [2.45, 2.75) is 6.92 Å². The van der Waals surface area contributed by atoms with Gasteiger partial charge in [-0.2, -0.15) is 0 Å². The SMILES string of the molecule is [CH2]OC(=O)COC(C)=O. The lowest BCUT2D eigenvalue weighted by atomic mass is 10.7. The van der Waals surface area contributed by atoms with Crippen LogP contribution >= 0.6 is 0 Å². The van der Waals surface area contributed by atoms with Crippen molar-refractivity contribution in [2.24, 2.45) is 0 Å². The van der Waals surface area contributed by atoms with E-state index in [1.807, 2.05) is 0 Å². The van der Waals surface area contributed by atoms with Gasteiger partial charge in [-0.1, -0.05) is 0 Å². The van der Waals surface area contributed by atoms with E-state index in [2.05, 4.69) is 16.6 Å². The third kappa shape index (κ3) is 4.80. The van der Waals surface area contributed by atoms with Crippen molar-refractivity contribution in [2.75, 3.05) is 6.61 Å². The molecule has 0 unspecified atom stereocenters. The van der Waals surface area contributed by atoms with Gasteiger partial charge in [-0.3, -0.25) is 4.79 Å². The lowest BCUT2D eigenvalue weighted by Crippen LogP contribution is -2.11. The average molecular weight is 131 g/mol. The molecule has 9 heavy (non-hydrogen) atoms. The zero-order chi connectivity index (χ0) is 7.28. The van der Waals surface area contributed by atoms with Crippen LogP contribution in [-0.4, -0.2) is 18.5 Å². The van der Waals surface area contributed by atoms with Crippen molar-refractivity contribution in [3.8, 4) is 0 Å². The minimum absolute atomic E-state index is 0.362. The van der Waals surface area contributed by atoms with Gasteiger partial charge in [0.25, 0.3) is 0 Å². The standard InChI is InChI=1S/C5H7O4/c1-4(6)9-3-5(7)8-2/h2-3H2,1H3. The number of esters is 2. The maximum atomic E-state index is 10.2. The highest BCUT2D eigenvalue weighted by atomic mass is 16.6. The molecular weight excluding hydrogens is 124 g/mol. The molecule has 0 aromatic carbocycles. The molecule has 1 radical (unpaired) electrons. The number of carbonyl (C=O) groups excluding carboxylic acids is 2. The van der Waals surface area contributed by atoms with E-state index in [0.29, 0.717) is 0 Å². The predicted octanol–water partition coefficient (Wildman–Crippen LogP) is -0.116. The second kappa shape index (κ2) is 3.88. The molecule has 4 nitrogen and oxygen atoms in total. The molecule has 0 aliphatic carbocycles. The van der Waals surface area contributed by atoms with Gasteiger partial charge in [0.2, 0.25) is 0 Å². The van der Waals surface area contributed by atoms with E-state index in [4.69, 9.17) is 0 Å². The Labute approximate surface area is 52.7 Å². The van der Waals surface area contributed by atoms with E-state index in [-0.39, 0.29) is 6.61 Å². The summed E-state index contributed by atoms with van der Waals surface area (Å²) >= 11 is 0. The number of ether oxygens (including phenoxy) is 2. The van der Waals surface area contributed by atoms with Gasteiger partial charge in [0.05, 0.1) is 0 Å². The molecule has 0 aromatic rings. The van der Waals surface area contributed by atoms with Crippen molar-refractivity contribution in [3.05, 3.63) is 7.11 Å². The first-order valence-corrected chi connectivity index (χ1v) is 2.25. The van der Waals surface area contributed by atoms with E-state index >= 15 is 0 Å². The van der Waals surface area contributed by atoms with E-state index < -0.39 is 11.9 Å². The fourth-order valence-corrected chi connectivity index (χ4v) is 0.202. The summed E-state index contributed by atoms with van der Waals surface area (Å²) in [5, 5.41) is 0. The van der Waals surface area contributed by atoms with Crippen LogP contribution in [0.25, 0.3) is 0 Å². The lowest BCUT2D eigenvalue weighted by molar-refractivity contribution is -0.154. The highest BCUT2D eigenvalue weighted by Crippen LogP contribution is 1.79. The van der Waals surface area contributed by atoms with E-state index in [1.165, 1.54) is 6.92 Å². The Morgan fingerprint density at radius 2 is 2.11 bits per heavy atom. The zero-order valence-electron chi connectivity index (χ0n) is 5.05. The highest BCUT2D eigenvalue weighted by molar-refractivity contribution is 5.75. The molecule has 0 aliphatic rings. The summed E-state index contributed by atoms with van der Waals surface area (Å²) in [6.45, 7) is 0.842. The maximum Gasteiger partial charge on any atom is 0.344 e. The van der Waals surface area contributed by atoms with Crippen LogP contribution in [0.15, 0.2) is 0 Å². The van der Waals surface area contributed by atoms with Gasteiger partial charge in [-0.25, -0.2) is 4.79 Å². The van der Waals surface area contributed by atoms with Crippen LogP contribution in [0.5, 0.6) is 0 Å². The number of rotatable bonds is 2. The molecule has 0 atom stereocenters. The van der Waals surface area contributed by atoms with Gasteiger partial charge in [0.1, 0.15) is 7.11 Å². The van der Waals surface area contributed by atoms with Crippen LogP contribution in [0.1, 0.15) is 6.92 Å². The van der Waals surface area contributed by atoms with Crippen LogP contribution < -0.4 is 0 Å². The van der Waals surface area contributed by atoms with Crippen LogP contribution in [0, 0.1) is 7.11 Å². The Morgan fingerprint density at radius 1 is 1.56 bits per heavy atom. The normalized spacial score (nSPS) is 8.22. The molecule has 0 spiro atoms. The van der Waals surface area contributed by atoms with E-state index in [0.717, 1.165) is 0 Å². The molecule has 0 saturated heterocycles. The first-order valence-electron chi connectivity index (χ1n) is 2.25. The summed E-state index contributed by atoms with van der Waals surface area (Å²) in [6.07, 6.45) is 0. The Balaban J connectivity index is 3.28. The summed E-state index contributed by atoms with van der Waals surface area (Å²) in [4.78, 5) is 20.2. The zero-order valence-corrected chi connectivity index (χ0v) is 5.05. The average Bonchev–Trinajstić information content (AvgIpc) is 1.83. The van der Waals surface area contributed by atoms with Gasteiger partial charge in [-0.15, -0.1) is 0 Å². The Morgan fingerprint density at radius 3 is 2.44 bits per heavy atom. The minimum atomic E-state index is -0.662. The molecule has 4 heteroatoms. The monoisotopic (exact) mass is 131 g/mol. The van der Waals surface area contributed by atoms with E-state index in [9.17, 15) is 9.59 Å². The fourth-order valence-electron chi connectivity index (χ4n) is 0.202. The summed E-state index contributed by atoms with van der Waals surface area (Å²) in [6, 6.07) is 0. The first-order chi connectivity index (χ1) is 4.16. The molecule has 0 saturated carbocycles. The van der Waals surface area contributed by atoms with Gasteiger partial charge < -0.3 is 9.47 Å². The van der Waals surface area contributed by atoms with Crippen molar-refractivity contribution in [1.82, 2.24) is 0 Å². The van der Waals surface area contributed by atoms with Gasteiger partial charge >= 0.3 is 11.9 Å². The van der Waals surface area contributed by atoms with E-state index in [1.54, 1.807) is 0 Å². The predicted molar refractivity (Wildman–Crippen MR) is 28.1 cm³/mol. The molecular formula is C5H7O4. The summed E-state index contributed by atoms with van der Waals surface area (Å²) < 4.78 is 8.18. The molecule has 51 valence electrons. The molecule has 0 heterocycles. The van der Waals surface area contributed by atoms with Crippen LogP contribution in [0.4, 0.5) is 0 Å².